The Bertz CT molecular complexity index is 228. The van der Waals surface area contributed by atoms with E-state index in [2.05, 4.69) is 29.5 Å². The number of amides is 1. The van der Waals surface area contributed by atoms with Crippen molar-refractivity contribution in [1.82, 2.24) is 4.90 Å². The molecule has 1 unspecified atom stereocenters. The molecule has 3 nitrogen and oxygen atoms in total. The first-order valence-corrected chi connectivity index (χ1v) is 5.89. The standard InChI is InChI=1S/C9H14INO2/c1-6(10)7-2-9(3-7)4-11(5-9)8(12)13/h6-7H,2-5H2,1H3,(H,12,13). The minimum absolute atomic E-state index is 0.391. The Morgan fingerprint density at radius 3 is 2.54 bits per heavy atom. The Hall–Kier alpha value is 0. The number of halogens is 1. The van der Waals surface area contributed by atoms with Gasteiger partial charge in [0.15, 0.2) is 0 Å². The van der Waals surface area contributed by atoms with Crippen molar-refractivity contribution in [2.45, 2.75) is 23.7 Å². The molecule has 1 amide bonds. The van der Waals surface area contributed by atoms with Gasteiger partial charge in [0.05, 0.1) is 0 Å². The van der Waals surface area contributed by atoms with E-state index in [0.29, 0.717) is 5.41 Å². The van der Waals surface area contributed by atoms with Gasteiger partial charge >= 0.3 is 6.09 Å². The molecule has 1 saturated carbocycles. The Labute approximate surface area is 91.6 Å². The average molecular weight is 295 g/mol. The van der Waals surface area contributed by atoms with Crippen molar-refractivity contribution in [3.05, 3.63) is 0 Å². The molecule has 1 saturated heterocycles. The molecule has 1 atom stereocenters. The quantitative estimate of drug-likeness (QED) is 0.595. The number of likely N-dealkylation sites (tertiary alicyclic amines) is 1. The molecular weight excluding hydrogens is 281 g/mol. The summed E-state index contributed by atoms with van der Waals surface area (Å²) in [5.74, 6) is 0.830. The third-order valence-electron chi connectivity index (χ3n) is 3.36. The third-order valence-corrected chi connectivity index (χ3v) is 4.38. The normalized spacial score (nSPS) is 28.0. The minimum atomic E-state index is -0.753. The summed E-state index contributed by atoms with van der Waals surface area (Å²) in [5, 5.41) is 8.68. The van der Waals surface area contributed by atoms with Gasteiger partial charge in [0.2, 0.25) is 0 Å². The molecule has 1 aliphatic heterocycles. The molecule has 0 radical (unpaired) electrons. The molecular formula is C9H14INO2. The topological polar surface area (TPSA) is 40.5 Å². The van der Waals surface area contributed by atoms with Gasteiger partial charge in [-0.25, -0.2) is 4.79 Å². The molecule has 1 N–H and O–H groups in total. The van der Waals surface area contributed by atoms with Gasteiger partial charge < -0.3 is 10.0 Å². The fourth-order valence-corrected chi connectivity index (χ4v) is 3.04. The Balaban J connectivity index is 1.79. The number of alkyl halides is 1. The summed E-state index contributed by atoms with van der Waals surface area (Å²) in [7, 11) is 0. The van der Waals surface area contributed by atoms with Gasteiger partial charge in [-0.05, 0) is 18.8 Å². The van der Waals surface area contributed by atoms with Gasteiger partial charge in [0, 0.05) is 22.4 Å². The molecule has 13 heavy (non-hydrogen) atoms. The van der Waals surface area contributed by atoms with Crippen LogP contribution in [0.1, 0.15) is 19.8 Å². The zero-order valence-corrected chi connectivity index (χ0v) is 9.82. The molecule has 2 rings (SSSR count). The highest BCUT2D eigenvalue weighted by atomic mass is 127. The minimum Gasteiger partial charge on any atom is -0.465 e. The van der Waals surface area contributed by atoms with E-state index in [-0.39, 0.29) is 0 Å². The van der Waals surface area contributed by atoms with Crippen LogP contribution >= 0.6 is 22.6 Å². The molecule has 2 aliphatic rings. The van der Waals surface area contributed by atoms with Crippen LogP contribution in [0.5, 0.6) is 0 Å². The molecule has 0 aromatic rings. The molecule has 1 aliphatic carbocycles. The summed E-state index contributed by atoms with van der Waals surface area (Å²) in [5.41, 5.74) is 0.391. The zero-order chi connectivity index (χ0) is 9.64. The van der Waals surface area contributed by atoms with Gasteiger partial charge in [-0.15, -0.1) is 0 Å². The van der Waals surface area contributed by atoms with E-state index in [1.807, 2.05) is 0 Å². The van der Waals surface area contributed by atoms with Crippen LogP contribution < -0.4 is 0 Å². The SMILES string of the molecule is CC(I)C1CC2(C1)CN(C(=O)O)C2. The van der Waals surface area contributed by atoms with Crippen molar-refractivity contribution in [2.75, 3.05) is 13.1 Å². The Morgan fingerprint density at radius 2 is 2.15 bits per heavy atom. The van der Waals surface area contributed by atoms with Crippen molar-refractivity contribution in [3.8, 4) is 0 Å². The fourth-order valence-electron chi connectivity index (χ4n) is 2.53. The lowest BCUT2D eigenvalue weighted by molar-refractivity contribution is -0.0777. The largest absolute Gasteiger partial charge is 0.465 e. The first-order chi connectivity index (χ1) is 6.02. The van der Waals surface area contributed by atoms with E-state index in [1.54, 1.807) is 0 Å². The van der Waals surface area contributed by atoms with Gasteiger partial charge in [0.1, 0.15) is 0 Å². The number of rotatable bonds is 1. The number of nitrogens with zero attached hydrogens (tertiary/aromatic N) is 1. The zero-order valence-electron chi connectivity index (χ0n) is 7.66. The summed E-state index contributed by atoms with van der Waals surface area (Å²) < 4.78 is 0.738. The summed E-state index contributed by atoms with van der Waals surface area (Å²) in [6.45, 7) is 3.80. The highest BCUT2D eigenvalue weighted by molar-refractivity contribution is 14.1. The van der Waals surface area contributed by atoms with Crippen LogP contribution in [0.2, 0.25) is 0 Å². The Morgan fingerprint density at radius 1 is 1.62 bits per heavy atom. The maximum Gasteiger partial charge on any atom is 0.407 e. The van der Waals surface area contributed by atoms with Crippen molar-refractivity contribution < 1.29 is 9.90 Å². The molecule has 0 aromatic heterocycles. The number of hydrogen-bond donors (Lipinski definition) is 1. The van der Waals surface area contributed by atoms with E-state index < -0.39 is 6.09 Å². The second-order valence-electron chi connectivity index (χ2n) is 4.48. The van der Waals surface area contributed by atoms with Crippen LogP contribution in [0.15, 0.2) is 0 Å². The van der Waals surface area contributed by atoms with Crippen molar-refractivity contribution >= 4 is 28.7 Å². The highest BCUT2D eigenvalue weighted by Gasteiger charge is 2.54. The van der Waals surface area contributed by atoms with Crippen LogP contribution in [-0.4, -0.2) is 33.1 Å². The molecule has 1 spiro atoms. The van der Waals surface area contributed by atoms with E-state index in [9.17, 15) is 4.79 Å². The predicted molar refractivity (Wildman–Crippen MR) is 58.2 cm³/mol. The van der Waals surface area contributed by atoms with Gasteiger partial charge in [0.25, 0.3) is 0 Å². The fraction of sp³-hybridized carbons (Fsp3) is 0.889. The number of hydrogen-bond acceptors (Lipinski definition) is 1. The van der Waals surface area contributed by atoms with Crippen molar-refractivity contribution in [1.29, 1.82) is 0 Å². The average Bonchev–Trinajstić information content (AvgIpc) is 1.78. The van der Waals surface area contributed by atoms with Crippen LogP contribution in [0, 0.1) is 11.3 Å². The second kappa shape index (κ2) is 3.00. The number of carbonyl (C=O) groups is 1. The maximum absolute atomic E-state index is 10.5. The number of carboxylic acid groups (broad SMARTS) is 1. The lowest BCUT2D eigenvalue weighted by atomic mass is 9.57. The Kier molecular flexibility index (Phi) is 2.20. The van der Waals surface area contributed by atoms with Crippen molar-refractivity contribution in [2.24, 2.45) is 11.3 Å². The van der Waals surface area contributed by atoms with Gasteiger partial charge in [-0.2, -0.15) is 0 Å². The van der Waals surface area contributed by atoms with Gasteiger partial charge in [-0.1, -0.05) is 29.5 Å². The van der Waals surface area contributed by atoms with Crippen LogP contribution in [-0.2, 0) is 0 Å². The monoisotopic (exact) mass is 295 g/mol. The lowest BCUT2D eigenvalue weighted by Crippen LogP contribution is -2.64. The van der Waals surface area contributed by atoms with Gasteiger partial charge in [-0.3, -0.25) is 0 Å². The lowest BCUT2D eigenvalue weighted by Gasteiger charge is -2.59. The maximum atomic E-state index is 10.5. The predicted octanol–water partition coefficient (Wildman–Crippen LogP) is 2.20. The first-order valence-electron chi connectivity index (χ1n) is 4.64. The first kappa shape index (κ1) is 9.55. The molecule has 2 fully saturated rings. The molecule has 1 heterocycles. The highest BCUT2D eigenvalue weighted by Crippen LogP contribution is 2.54. The van der Waals surface area contributed by atoms with Crippen LogP contribution in [0.25, 0.3) is 0 Å². The molecule has 0 aromatic carbocycles. The summed E-state index contributed by atoms with van der Waals surface area (Å²) in [6, 6.07) is 0. The summed E-state index contributed by atoms with van der Waals surface area (Å²) in [4.78, 5) is 12.1. The van der Waals surface area contributed by atoms with E-state index in [1.165, 1.54) is 17.7 Å². The van der Waals surface area contributed by atoms with Crippen LogP contribution in [0.4, 0.5) is 4.79 Å². The van der Waals surface area contributed by atoms with E-state index in [0.717, 1.165) is 22.9 Å². The van der Waals surface area contributed by atoms with Crippen LogP contribution in [0.3, 0.4) is 0 Å². The van der Waals surface area contributed by atoms with E-state index >= 15 is 0 Å². The molecule has 74 valence electrons. The molecule has 4 heteroatoms. The smallest absolute Gasteiger partial charge is 0.407 e. The summed E-state index contributed by atoms with van der Waals surface area (Å²) >= 11 is 2.47. The van der Waals surface area contributed by atoms with Crippen molar-refractivity contribution in [3.63, 3.8) is 0 Å². The third kappa shape index (κ3) is 1.53. The summed E-state index contributed by atoms with van der Waals surface area (Å²) in [6.07, 6.45) is 1.72. The molecule has 0 bridgehead atoms. The second-order valence-corrected chi connectivity index (χ2v) is 6.45. The van der Waals surface area contributed by atoms with E-state index in [4.69, 9.17) is 5.11 Å².